The monoisotopic (exact) mass is 380 g/mol. The minimum absolute atomic E-state index is 0.131. The van der Waals surface area contributed by atoms with Gasteiger partial charge in [-0.1, -0.05) is 48.0 Å². The second-order valence-corrected chi connectivity index (χ2v) is 6.14. The molecule has 3 aromatic rings. The Hall–Kier alpha value is -3.31. The second-order valence-electron chi connectivity index (χ2n) is 5.71. The molecule has 0 fully saturated rings. The summed E-state index contributed by atoms with van der Waals surface area (Å²) < 4.78 is 5.78. The van der Waals surface area contributed by atoms with Crippen LogP contribution in [-0.4, -0.2) is 17.2 Å². The summed E-state index contributed by atoms with van der Waals surface area (Å²) in [6.45, 7) is 0.314. The highest BCUT2D eigenvalue weighted by Gasteiger charge is 2.11. The van der Waals surface area contributed by atoms with Gasteiger partial charge in [0.05, 0.1) is 11.8 Å². The number of ether oxygens (including phenoxy) is 1. The number of carbonyl (C=O) groups is 1. The quantitative estimate of drug-likeness (QED) is 0.492. The van der Waals surface area contributed by atoms with E-state index >= 15 is 0 Å². The van der Waals surface area contributed by atoms with E-state index in [1.807, 2.05) is 12.1 Å². The molecule has 0 aliphatic heterocycles. The second kappa shape index (κ2) is 8.87. The SMILES string of the molecule is O=C(NN=Cc1cccc(O)c1)c1ccccc1OCc1ccc(Cl)cc1. The fraction of sp³-hybridized carbons (Fsp3) is 0.0476. The van der Waals surface area contributed by atoms with Crippen molar-refractivity contribution in [3.8, 4) is 11.5 Å². The molecule has 5 nitrogen and oxygen atoms in total. The molecule has 0 unspecified atom stereocenters. The molecule has 0 heterocycles. The highest BCUT2D eigenvalue weighted by atomic mass is 35.5. The van der Waals surface area contributed by atoms with Gasteiger partial charge in [0, 0.05) is 5.02 Å². The van der Waals surface area contributed by atoms with Crippen LogP contribution in [0.3, 0.4) is 0 Å². The summed E-state index contributed by atoms with van der Waals surface area (Å²) >= 11 is 5.88. The van der Waals surface area contributed by atoms with Crippen molar-refractivity contribution in [1.29, 1.82) is 0 Å². The maximum atomic E-state index is 12.4. The number of benzene rings is 3. The first-order chi connectivity index (χ1) is 13.1. The van der Waals surface area contributed by atoms with Crippen LogP contribution in [0.25, 0.3) is 0 Å². The lowest BCUT2D eigenvalue weighted by Gasteiger charge is -2.10. The van der Waals surface area contributed by atoms with E-state index in [2.05, 4.69) is 10.5 Å². The molecular formula is C21H17ClN2O3. The highest BCUT2D eigenvalue weighted by Crippen LogP contribution is 2.20. The Bertz CT molecular complexity index is 956. The Balaban J connectivity index is 1.65. The van der Waals surface area contributed by atoms with Crippen molar-refractivity contribution < 1.29 is 14.6 Å². The summed E-state index contributed by atoms with van der Waals surface area (Å²) in [6, 6.07) is 20.8. The molecule has 0 radical (unpaired) electrons. The third kappa shape index (κ3) is 5.33. The average Bonchev–Trinajstić information content (AvgIpc) is 2.68. The molecule has 0 saturated carbocycles. The molecule has 27 heavy (non-hydrogen) atoms. The summed E-state index contributed by atoms with van der Waals surface area (Å²) in [6.07, 6.45) is 1.45. The zero-order valence-electron chi connectivity index (χ0n) is 14.3. The Labute approximate surface area is 161 Å². The Morgan fingerprint density at radius 3 is 2.63 bits per heavy atom. The Morgan fingerprint density at radius 2 is 1.85 bits per heavy atom. The number of hydrogen-bond donors (Lipinski definition) is 2. The van der Waals surface area contributed by atoms with E-state index in [1.54, 1.807) is 60.7 Å². The third-order valence-electron chi connectivity index (χ3n) is 3.69. The summed E-state index contributed by atoms with van der Waals surface area (Å²) in [4.78, 5) is 12.4. The zero-order valence-corrected chi connectivity index (χ0v) is 15.1. The first kappa shape index (κ1) is 18.5. The van der Waals surface area contributed by atoms with Crippen LogP contribution in [0, 0.1) is 0 Å². The van der Waals surface area contributed by atoms with Crippen LogP contribution >= 0.6 is 11.6 Å². The van der Waals surface area contributed by atoms with Crippen LogP contribution in [0.2, 0.25) is 5.02 Å². The number of nitrogens with zero attached hydrogens (tertiary/aromatic N) is 1. The lowest BCUT2D eigenvalue weighted by Crippen LogP contribution is -2.18. The van der Waals surface area contributed by atoms with Gasteiger partial charge in [0.1, 0.15) is 18.1 Å². The molecular weight excluding hydrogens is 364 g/mol. The van der Waals surface area contributed by atoms with Gasteiger partial charge in [-0.15, -0.1) is 0 Å². The van der Waals surface area contributed by atoms with Crippen molar-refractivity contribution in [2.24, 2.45) is 5.10 Å². The lowest BCUT2D eigenvalue weighted by molar-refractivity contribution is 0.0950. The van der Waals surface area contributed by atoms with Crippen molar-refractivity contribution in [3.05, 3.63) is 94.5 Å². The minimum Gasteiger partial charge on any atom is -0.508 e. The standard InChI is InChI=1S/C21H17ClN2O3/c22-17-10-8-15(9-11-17)14-27-20-7-2-1-6-19(20)21(26)24-23-13-16-4-3-5-18(25)12-16/h1-13,25H,14H2,(H,24,26). The summed E-state index contributed by atoms with van der Waals surface area (Å²) in [5, 5.41) is 14.0. The number of carbonyl (C=O) groups excluding carboxylic acids is 1. The average molecular weight is 381 g/mol. The third-order valence-corrected chi connectivity index (χ3v) is 3.94. The van der Waals surface area contributed by atoms with Crippen LogP contribution < -0.4 is 10.2 Å². The number of rotatable bonds is 6. The molecule has 0 aromatic heterocycles. The van der Waals surface area contributed by atoms with E-state index in [4.69, 9.17) is 16.3 Å². The maximum absolute atomic E-state index is 12.4. The van der Waals surface area contributed by atoms with Crippen molar-refractivity contribution in [2.75, 3.05) is 0 Å². The predicted molar refractivity (Wildman–Crippen MR) is 105 cm³/mol. The van der Waals surface area contributed by atoms with Crippen LogP contribution in [0.5, 0.6) is 11.5 Å². The molecule has 3 aromatic carbocycles. The first-order valence-corrected chi connectivity index (χ1v) is 8.58. The number of halogens is 1. The van der Waals surface area contributed by atoms with Gasteiger partial charge >= 0.3 is 0 Å². The van der Waals surface area contributed by atoms with Crippen molar-refractivity contribution in [3.63, 3.8) is 0 Å². The first-order valence-electron chi connectivity index (χ1n) is 8.20. The summed E-state index contributed by atoms with van der Waals surface area (Å²) in [5.41, 5.74) is 4.45. The van der Waals surface area contributed by atoms with E-state index < -0.39 is 5.91 Å². The molecule has 2 N–H and O–H groups in total. The van der Waals surface area contributed by atoms with Gasteiger partial charge in [-0.25, -0.2) is 5.43 Å². The van der Waals surface area contributed by atoms with Gasteiger partial charge in [0.2, 0.25) is 0 Å². The minimum atomic E-state index is -0.391. The number of para-hydroxylation sites is 1. The van der Waals surface area contributed by atoms with Crippen LogP contribution in [-0.2, 0) is 6.61 Å². The van der Waals surface area contributed by atoms with E-state index in [0.717, 1.165) is 5.56 Å². The predicted octanol–water partition coefficient (Wildman–Crippen LogP) is 4.39. The molecule has 0 bridgehead atoms. The van der Waals surface area contributed by atoms with E-state index in [-0.39, 0.29) is 5.75 Å². The number of nitrogens with one attached hydrogen (secondary N) is 1. The number of hydrazone groups is 1. The van der Waals surface area contributed by atoms with E-state index in [9.17, 15) is 9.90 Å². The molecule has 0 aliphatic carbocycles. The molecule has 0 atom stereocenters. The normalized spacial score (nSPS) is 10.7. The van der Waals surface area contributed by atoms with Gasteiger partial charge in [-0.05, 0) is 47.5 Å². The van der Waals surface area contributed by atoms with Gasteiger partial charge < -0.3 is 9.84 Å². The van der Waals surface area contributed by atoms with Crippen LogP contribution in [0.15, 0.2) is 77.9 Å². The molecule has 0 aliphatic rings. The number of phenolic OH excluding ortho intramolecular Hbond substituents is 1. The number of aromatic hydroxyl groups is 1. The lowest BCUT2D eigenvalue weighted by atomic mass is 10.2. The number of phenols is 1. The topological polar surface area (TPSA) is 70.9 Å². The molecule has 136 valence electrons. The molecule has 1 amide bonds. The van der Waals surface area contributed by atoms with Gasteiger partial charge in [0.15, 0.2) is 0 Å². The summed E-state index contributed by atoms with van der Waals surface area (Å²) in [5.74, 6) is 0.196. The maximum Gasteiger partial charge on any atom is 0.275 e. The van der Waals surface area contributed by atoms with Gasteiger partial charge in [0.25, 0.3) is 5.91 Å². The van der Waals surface area contributed by atoms with E-state index in [0.29, 0.717) is 28.5 Å². The van der Waals surface area contributed by atoms with Gasteiger partial charge in [-0.3, -0.25) is 4.79 Å². The molecule has 3 rings (SSSR count). The zero-order chi connectivity index (χ0) is 19.1. The van der Waals surface area contributed by atoms with Crippen molar-refractivity contribution >= 4 is 23.7 Å². The molecule has 6 heteroatoms. The van der Waals surface area contributed by atoms with Crippen molar-refractivity contribution in [2.45, 2.75) is 6.61 Å². The number of amides is 1. The summed E-state index contributed by atoms with van der Waals surface area (Å²) in [7, 11) is 0. The Morgan fingerprint density at radius 1 is 1.07 bits per heavy atom. The van der Waals surface area contributed by atoms with Crippen LogP contribution in [0.4, 0.5) is 0 Å². The highest BCUT2D eigenvalue weighted by molar-refractivity contribution is 6.30. The Kier molecular flexibility index (Phi) is 6.07. The van der Waals surface area contributed by atoms with Crippen molar-refractivity contribution in [1.82, 2.24) is 5.43 Å². The fourth-order valence-electron chi connectivity index (χ4n) is 2.35. The molecule has 0 spiro atoms. The number of hydrogen-bond acceptors (Lipinski definition) is 4. The molecule has 0 saturated heterocycles. The largest absolute Gasteiger partial charge is 0.508 e. The smallest absolute Gasteiger partial charge is 0.275 e. The fourth-order valence-corrected chi connectivity index (χ4v) is 2.48. The van der Waals surface area contributed by atoms with E-state index in [1.165, 1.54) is 6.21 Å². The van der Waals surface area contributed by atoms with Gasteiger partial charge in [-0.2, -0.15) is 5.10 Å². The van der Waals surface area contributed by atoms with Crippen LogP contribution in [0.1, 0.15) is 21.5 Å².